The highest BCUT2D eigenvalue weighted by molar-refractivity contribution is 4.42. The van der Waals surface area contributed by atoms with E-state index in [2.05, 4.69) is 27.8 Å². The third kappa shape index (κ3) is 8.04. The van der Waals surface area contributed by atoms with Crippen LogP contribution < -0.4 is 24.0 Å². The van der Waals surface area contributed by atoms with Crippen LogP contribution >= 0.6 is 0 Å². The van der Waals surface area contributed by atoms with E-state index in [0.717, 1.165) is 0 Å². The smallest absolute Gasteiger partial charge is 0.0784 e. The Morgan fingerprint density at radius 3 is 1.43 bits per heavy atom. The lowest BCUT2D eigenvalue weighted by Crippen LogP contribution is -3.00. The minimum atomic E-state index is 0. The second-order valence-electron chi connectivity index (χ2n) is 4.50. The Bertz CT molecular complexity index is 107. The van der Waals surface area contributed by atoms with Crippen molar-refractivity contribution in [3.8, 4) is 0 Å². The van der Waals surface area contributed by atoms with Gasteiger partial charge in [0, 0.05) is 0 Å². The summed E-state index contributed by atoms with van der Waals surface area (Å²) >= 11 is 0. The number of halogens is 1. The molecule has 0 aliphatic heterocycles. The average molecular weight is 313 g/mol. The van der Waals surface area contributed by atoms with Gasteiger partial charge >= 0.3 is 0 Å². The standard InChI is InChI=1S/C12H28N.HI/c1-5-8-11-13(4,10-7-3)12-9-6-2;/h5-12H2,1-4H3;1H/q+1;/p-1. The second kappa shape index (κ2) is 10.2. The molecule has 0 aliphatic carbocycles. The van der Waals surface area contributed by atoms with Gasteiger partial charge in [-0.25, -0.2) is 0 Å². The van der Waals surface area contributed by atoms with E-state index in [1.165, 1.54) is 56.2 Å². The molecule has 0 heterocycles. The molecule has 0 radical (unpaired) electrons. The van der Waals surface area contributed by atoms with E-state index in [-0.39, 0.29) is 24.0 Å². The first kappa shape index (κ1) is 17.1. The van der Waals surface area contributed by atoms with Gasteiger partial charge in [0.1, 0.15) is 0 Å². The molecule has 0 amide bonds. The Morgan fingerprint density at radius 2 is 1.14 bits per heavy atom. The molecule has 0 atom stereocenters. The van der Waals surface area contributed by atoms with Gasteiger partial charge in [0.05, 0.1) is 26.7 Å². The highest BCUT2D eigenvalue weighted by atomic mass is 127. The van der Waals surface area contributed by atoms with Gasteiger partial charge in [-0.15, -0.1) is 0 Å². The molecule has 0 N–H and O–H groups in total. The summed E-state index contributed by atoms with van der Waals surface area (Å²) < 4.78 is 1.30. The van der Waals surface area contributed by atoms with Crippen LogP contribution in [0.4, 0.5) is 0 Å². The average Bonchev–Trinajstić information content (AvgIpc) is 2.12. The number of nitrogens with zero attached hydrogens (tertiary/aromatic N) is 1. The molecule has 0 bridgehead atoms. The summed E-state index contributed by atoms with van der Waals surface area (Å²) in [6.07, 6.45) is 6.78. The predicted molar refractivity (Wildman–Crippen MR) is 60.9 cm³/mol. The third-order valence-corrected chi connectivity index (χ3v) is 2.87. The summed E-state index contributed by atoms with van der Waals surface area (Å²) in [6, 6.07) is 0. The van der Waals surface area contributed by atoms with E-state index in [9.17, 15) is 0 Å². The minimum Gasteiger partial charge on any atom is -1.00 e. The van der Waals surface area contributed by atoms with Crippen molar-refractivity contribution in [2.75, 3.05) is 26.7 Å². The minimum absolute atomic E-state index is 0. The first-order chi connectivity index (χ1) is 6.18. The molecule has 0 saturated carbocycles. The molecule has 0 spiro atoms. The summed E-state index contributed by atoms with van der Waals surface area (Å²) in [5, 5.41) is 0. The quantitative estimate of drug-likeness (QED) is 0.451. The van der Waals surface area contributed by atoms with Crippen molar-refractivity contribution in [3.63, 3.8) is 0 Å². The molecule has 1 nitrogen and oxygen atoms in total. The zero-order valence-electron chi connectivity index (χ0n) is 10.5. The van der Waals surface area contributed by atoms with Gasteiger partial charge < -0.3 is 28.5 Å². The van der Waals surface area contributed by atoms with E-state index in [1.54, 1.807) is 0 Å². The summed E-state index contributed by atoms with van der Waals surface area (Å²) in [7, 11) is 2.43. The van der Waals surface area contributed by atoms with Crippen LogP contribution in [0, 0.1) is 0 Å². The summed E-state index contributed by atoms with van der Waals surface area (Å²) in [5.41, 5.74) is 0. The van der Waals surface area contributed by atoms with E-state index in [1.807, 2.05) is 0 Å². The van der Waals surface area contributed by atoms with Crippen LogP contribution in [0.15, 0.2) is 0 Å². The zero-order valence-corrected chi connectivity index (χ0v) is 12.6. The third-order valence-electron chi connectivity index (χ3n) is 2.87. The van der Waals surface area contributed by atoms with Crippen LogP contribution in [0.25, 0.3) is 0 Å². The van der Waals surface area contributed by atoms with Gasteiger partial charge in [0.15, 0.2) is 0 Å². The Balaban J connectivity index is 0. The first-order valence-corrected chi connectivity index (χ1v) is 6.02. The maximum atomic E-state index is 2.43. The van der Waals surface area contributed by atoms with Crippen molar-refractivity contribution in [3.05, 3.63) is 0 Å². The SMILES string of the molecule is CCCC[N+](C)(CCC)CCCC.[I-]. The monoisotopic (exact) mass is 313 g/mol. The van der Waals surface area contributed by atoms with Crippen molar-refractivity contribution in [1.29, 1.82) is 0 Å². The lowest BCUT2D eigenvalue weighted by molar-refractivity contribution is -0.910. The van der Waals surface area contributed by atoms with Crippen LogP contribution in [0.5, 0.6) is 0 Å². The van der Waals surface area contributed by atoms with Gasteiger partial charge in [0.25, 0.3) is 0 Å². The van der Waals surface area contributed by atoms with E-state index in [4.69, 9.17) is 0 Å². The van der Waals surface area contributed by atoms with Gasteiger partial charge in [-0.1, -0.05) is 33.6 Å². The fraction of sp³-hybridized carbons (Fsp3) is 1.00. The van der Waals surface area contributed by atoms with Gasteiger partial charge in [0.2, 0.25) is 0 Å². The molecular weight excluding hydrogens is 285 g/mol. The van der Waals surface area contributed by atoms with Crippen LogP contribution in [-0.4, -0.2) is 31.2 Å². The fourth-order valence-electron chi connectivity index (χ4n) is 1.95. The molecule has 14 heavy (non-hydrogen) atoms. The molecule has 0 aliphatic rings. The Labute approximate surface area is 108 Å². The Morgan fingerprint density at radius 1 is 0.714 bits per heavy atom. The lowest BCUT2D eigenvalue weighted by Gasteiger charge is -2.34. The maximum Gasteiger partial charge on any atom is 0.0784 e. The molecule has 88 valence electrons. The maximum absolute atomic E-state index is 2.43. The summed E-state index contributed by atoms with van der Waals surface area (Å²) in [6.45, 7) is 11.0. The van der Waals surface area contributed by atoms with E-state index < -0.39 is 0 Å². The Kier molecular flexibility index (Phi) is 12.5. The highest BCUT2D eigenvalue weighted by Gasteiger charge is 2.18. The predicted octanol–water partition coefficient (Wildman–Crippen LogP) is 0.447. The molecule has 0 fully saturated rings. The molecule has 0 aromatic rings. The summed E-state index contributed by atoms with van der Waals surface area (Å²) in [4.78, 5) is 0. The fourth-order valence-corrected chi connectivity index (χ4v) is 1.95. The molecule has 0 unspecified atom stereocenters. The number of hydrogen-bond acceptors (Lipinski definition) is 0. The largest absolute Gasteiger partial charge is 1.00 e. The molecule has 0 rings (SSSR count). The van der Waals surface area contributed by atoms with Crippen molar-refractivity contribution < 1.29 is 28.5 Å². The normalized spacial score (nSPS) is 11.1. The van der Waals surface area contributed by atoms with E-state index in [0.29, 0.717) is 0 Å². The second-order valence-corrected chi connectivity index (χ2v) is 4.50. The Hall–Kier alpha value is 0.690. The van der Waals surface area contributed by atoms with Gasteiger partial charge in [-0.05, 0) is 19.3 Å². The first-order valence-electron chi connectivity index (χ1n) is 6.02. The van der Waals surface area contributed by atoms with Crippen LogP contribution in [0.1, 0.15) is 52.9 Å². The van der Waals surface area contributed by atoms with E-state index >= 15 is 0 Å². The molecule has 0 saturated heterocycles. The van der Waals surface area contributed by atoms with Crippen LogP contribution in [0.2, 0.25) is 0 Å². The highest BCUT2D eigenvalue weighted by Crippen LogP contribution is 2.09. The number of hydrogen-bond donors (Lipinski definition) is 0. The molecular formula is C12H28IN. The lowest BCUT2D eigenvalue weighted by atomic mass is 10.2. The number of quaternary nitrogens is 1. The summed E-state index contributed by atoms with van der Waals surface area (Å²) in [5.74, 6) is 0. The van der Waals surface area contributed by atoms with Crippen molar-refractivity contribution in [2.24, 2.45) is 0 Å². The zero-order chi connectivity index (χ0) is 10.2. The van der Waals surface area contributed by atoms with Crippen molar-refractivity contribution >= 4 is 0 Å². The van der Waals surface area contributed by atoms with Crippen LogP contribution in [-0.2, 0) is 0 Å². The van der Waals surface area contributed by atoms with Gasteiger partial charge in [-0.3, -0.25) is 0 Å². The molecule has 2 heteroatoms. The number of rotatable bonds is 8. The molecule has 0 aromatic carbocycles. The topological polar surface area (TPSA) is 0 Å². The van der Waals surface area contributed by atoms with Crippen LogP contribution in [0.3, 0.4) is 0 Å². The molecule has 0 aromatic heterocycles. The van der Waals surface area contributed by atoms with Crippen molar-refractivity contribution in [1.82, 2.24) is 0 Å². The van der Waals surface area contributed by atoms with Crippen molar-refractivity contribution in [2.45, 2.75) is 52.9 Å². The number of unbranched alkanes of at least 4 members (excludes halogenated alkanes) is 2. The van der Waals surface area contributed by atoms with Gasteiger partial charge in [-0.2, -0.15) is 0 Å².